The van der Waals surface area contributed by atoms with Crippen LogP contribution in [-0.2, 0) is 4.12 Å². The highest BCUT2D eigenvalue weighted by Gasteiger charge is 2.50. The Hall–Kier alpha value is 0.394. The van der Waals surface area contributed by atoms with Crippen molar-refractivity contribution in [2.75, 3.05) is 0 Å². The Labute approximate surface area is 136 Å². The summed E-state index contributed by atoms with van der Waals surface area (Å²) >= 11 is 0. The highest BCUT2D eigenvalue weighted by molar-refractivity contribution is 6.92. The Bertz CT molecular complexity index is 226. The van der Waals surface area contributed by atoms with Crippen LogP contribution in [0.1, 0.15) is 79.1 Å². The number of hydrogen-bond acceptors (Lipinski definition) is 1. The van der Waals surface area contributed by atoms with Gasteiger partial charge in [-0.2, -0.15) is 0 Å². The fourth-order valence-electron chi connectivity index (χ4n) is 3.97. The maximum absolute atomic E-state index is 7.22. The van der Waals surface area contributed by atoms with Gasteiger partial charge in [0.15, 0.2) is 16.6 Å². The summed E-state index contributed by atoms with van der Waals surface area (Å²) in [6.45, 7) is 9.37. The van der Waals surface area contributed by atoms with Crippen molar-refractivity contribution >= 4 is 16.6 Å². The number of unbranched alkanes of at least 4 members (excludes halogenated alkanes) is 4. The molecule has 0 unspecified atom stereocenters. The summed E-state index contributed by atoms with van der Waals surface area (Å²) in [5.41, 5.74) is 0. The summed E-state index contributed by atoms with van der Waals surface area (Å²) in [4.78, 5) is 0. The van der Waals surface area contributed by atoms with Crippen LogP contribution in [0.15, 0.2) is 0 Å². The molecule has 0 amide bonds. The molecule has 1 rings (SSSR count). The molecule has 0 N–H and O–H groups in total. The van der Waals surface area contributed by atoms with E-state index in [2.05, 4.69) is 27.7 Å². The van der Waals surface area contributed by atoms with Crippen LogP contribution >= 0.6 is 0 Å². The van der Waals surface area contributed by atoms with Crippen LogP contribution in [0.25, 0.3) is 0 Å². The lowest BCUT2D eigenvalue weighted by Crippen LogP contribution is -2.42. The maximum atomic E-state index is 7.22. The van der Waals surface area contributed by atoms with E-state index in [4.69, 9.17) is 4.12 Å². The Balaban J connectivity index is 2.72. The van der Waals surface area contributed by atoms with Gasteiger partial charge in [0.05, 0.1) is 0 Å². The molecule has 1 saturated heterocycles. The minimum atomic E-state index is -1.35. The predicted octanol–water partition coefficient (Wildman–Crippen LogP) is 7.11. The SMILES string of the molecule is CCCC[Si]1(CCCC)CC[Si](CCCC)(CCCC)O1. The van der Waals surface area contributed by atoms with Crippen molar-refractivity contribution in [1.82, 2.24) is 0 Å². The lowest BCUT2D eigenvalue weighted by molar-refractivity contribution is 0.517. The van der Waals surface area contributed by atoms with Crippen molar-refractivity contribution < 1.29 is 4.12 Å². The van der Waals surface area contributed by atoms with Crippen LogP contribution in [0, 0.1) is 0 Å². The first kappa shape index (κ1) is 19.4. The molecule has 0 atom stereocenters. The molecule has 0 aromatic heterocycles. The molecule has 0 aromatic rings. The topological polar surface area (TPSA) is 9.23 Å². The summed E-state index contributed by atoms with van der Waals surface area (Å²) in [6.07, 6.45) is 11.1. The van der Waals surface area contributed by atoms with Gasteiger partial charge in [-0.25, -0.2) is 0 Å². The van der Waals surface area contributed by atoms with E-state index in [1.807, 2.05) is 0 Å². The average molecular weight is 329 g/mol. The molecule has 0 aromatic carbocycles. The van der Waals surface area contributed by atoms with Crippen molar-refractivity contribution in [2.24, 2.45) is 0 Å². The first-order valence-corrected chi connectivity index (χ1v) is 14.9. The van der Waals surface area contributed by atoms with Gasteiger partial charge >= 0.3 is 0 Å². The molecule has 126 valence electrons. The molecule has 0 radical (unpaired) electrons. The van der Waals surface area contributed by atoms with Crippen molar-refractivity contribution in [1.29, 1.82) is 0 Å². The van der Waals surface area contributed by atoms with Gasteiger partial charge in [0.25, 0.3) is 0 Å². The minimum absolute atomic E-state index is 1.35. The highest BCUT2D eigenvalue weighted by Crippen LogP contribution is 2.45. The monoisotopic (exact) mass is 328 g/mol. The zero-order chi connectivity index (χ0) is 15.6. The first-order valence-electron chi connectivity index (χ1n) is 9.86. The molecular formula is C18H40OSi2. The molecule has 1 aliphatic rings. The Morgan fingerprint density at radius 3 is 1.10 bits per heavy atom. The smallest absolute Gasteiger partial charge is 0.179 e. The van der Waals surface area contributed by atoms with Crippen molar-refractivity contribution in [3.63, 3.8) is 0 Å². The summed E-state index contributed by atoms with van der Waals surface area (Å²) in [5, 5.41) is 0. The molecule has 0 bridgehead atoms. The molecule has 1 aliphatic heterocycles. The van der Waals surface area contributed by atoms with E-state index in [0.717, 1.165) is 0 Å². The summed E-state index contributed by atoms with van der Waals surface area (Å²) < 4.78 is 7.22. The zero-order valence-corrected chi connectivity index (χ0v) is 17.3. The van der Waals surface area contributed by atoms with Crippen LogP contribution < -0.4 is 0 Å². The van der Waals surface area contributed by atoms with Crippen molar-refractivity contribution in [3.05, 3.63) is 0 Å². The Morgan fingerprint density at radius 2 is 0.857 bits per heavy atom. The lowest BCUT2D eigenvalue weighted by atomic mass is 10.4. The third kappa shape index (κ3) is 6.19. The van der Waals surface area contributed by atoms with E-state index < -0.39 is 16.6 Å². The molecule has 0 aliphatic carbocycles. The molecule has 1 fully saturated rings. The summed E-state index contributed by atoms with van der Waals surface area (Å²) in [7, 11) is -2.70. The second-order valence-electron chi connectivity index (χ2n) is 7.38. The van der Waals surface area contributed by atoms with Gasteiger partial charge in [0.1, 0.15) is 0 Å². The molecule has 21 heavy (non-hydrogen) atoms. The molecule has 0 spiro atoms. The Kier molecular flexibility index (Phi) is 9.46. The quantitative estimate of drug-likeness (QED) is 0.347. The fourth-order valence-corrected chi connectivity index (χ4v) is 19.2. The van der Waals surface area contributed by atoms with E-state index >= 15 is 0 Å². The summed E-state index contributed by atoms with van der Waals surface area (Å²) in [5.74, 6) is 0. The number of hydrogen-bond donors (Lipinski definition) is 0. The predicted molar refractivity (Wildman–Crippen MR) is 101 cm³/mol. The first-order chi connectivity index (χ1) is 10.2. The molecule has 0 saturated carbocycles. The highest BCUT2D eigenvalue weighted by atomic mass is 28.4. The number of rotatable bonds is 12. The largest absolute Gasteiger partial charge is 0.455 e. The minimum Gasteiger partial charge on any atom is -0.455 e. The van der Waals surface area contributed by atoms with Gasteiger partial charge in [-0.3, -0.25) is 0 Å². The van der Waals surface area contributed by atoms with Crippen LogP contribution in [0.4, 0.5) is 0 Å². The fraction of sp³-hybridized carbons (Fsp3) is 1.00. The van der Waals surface area contributed by atoms with E-state index in [-0.39, 0.29) is 0 Å². The van der Waals surface area contributed by atoms with E-state index in [9.17, 15) is 0 Å². The maximum Gasteiger partial charge on any atom is 0.179 e. The third-order valence-electron chi connectivity index (χ3n) is 5.41. The van der Waals surface area contributed by atoms with Gasteiger partial charge in [-0.05, 0) is 36.3 Å². The van der Waals surface area contributed by atoms with Crippen LogP contribution in [0.3, 0.4) is 0 Å². The Morgan fingerprint density at radius 1 is 0.571 bits per heavy atom. The van der Waals surface area contributed by atoms with E-state index in [1.54, 1.807) is 0 Å². The van der Waals surface area contributed by atoms with Crippen molar-refractivity contribution in [2.45, 2.75) is 115 Å². The van der Waals surface area contributed by atoms with Gasteiger partial charge in [-0.15, -0.1) is 0 Å². The molecular weight excluding hydrogens is 288 g/mol. The van der Waals surface area contributed by atoms with E-state index in [0.29, 0.717) is 0 Å². The van der Waals surface area contributed by atoms with Crippen LogP contribution in [0.2, 0.25) is 36.3 Å². The third-order valence-corrected chi connectivity index (χ3v) is 16.8. The van der Waals surface area contributed by atoms with E-state index in [1.165, 1.54) is 87.6 Å². The molecule has 3 heteroatoms. The zero-order valence-electron chi connectivity index (χ0n) is 15.3. The summed E-state index contributed by atoms with van der Waals surface area (Å²) in [6, 6.07) is 8.92. The van der Waals surface area contributed by atoms with Gasteiger partial charge in [-0.1, -0.05) is 79.1 Å². The van der Waals surface area contributed by atoms with Gasteiger partial charge in [0, 0.05) is 0 Å². The molecule has 1 nitrogen and oxygen atoms in total. The second kappa shape index (κ2) is 10.2. The normalized spacial score (nSPS) is 20.0. The van der Waals surface area contributed by atoms with Crippen molar-refractivity contribution in [3.8, 4) is 0 Å². The van der Waals surface area contributed by atoms with Gasteiger partial charge in [0.2, 0.25) is 0 Å². The molecule has 1 heterocycles. The second-order valence-corrected chi connectivity index (χ2v) is 15.9. The standard InChI is InChI=1S/C18H40OSi2/c1-5-9-13-20(14-10-6-2)17-18-21(19-20,15-11-7-3)16-12-8-4/h5-18H2,1-4H3. The van der Waals surface area contributed by atoms with Crippen LogP contribution in [-0.4, -0.2) is 16.6 Å². The average Bonchev–Trinajstić information content (AvgIpc) is 2.87. The van der Waals surface area contributed by atoms with Gasteiger partial charge < -0.3 is 4.12 Å². The van der Waals surface area contributed by atoms with Crippen LogP contribution in [0.5, 0.6) is 0 Å². The lowest BCUT2D eigenvalue weighted by Gasteiger charge is -2.34.